The SMILES string of the molecule is Cc1cc(C)n(C[C@H](C)CNC(=O)[C@H]2CCCN(C(=O)c3ccoc3)C2)n1. The molecule has 0 bridgehead atoms. The topological polar surface area (TPSA) is 80.4 Å². The van der Waals surface area contributed by atoms with Gasteiger partial charge < -0.3 is 14.6 Å². The molecule has 3 heterocycles. The van der Waals surface area contributed by atoms with Crippen LogP contribution in [0.5, 0.6) is 0 Å². The van der Waals surface area contributed by atoms with Gasteiger partial charge in [-0.25, -0.2) is 0 Å². The zero-order valence-electron chi connectivity index (χ0n) is 16.3. The Bertz CT molecular complexity index is 781. The quantitative estimate of drug-likeness (QED) is 0.844. The number of amides is 2. The van der Waals surface area contributed by atoms with Crippen LogP contribution in [-0.4, -0.2) is 46.1 Å². The number of likely N-dealkylation sites (tertiary alicyclic amines) is 1. The second kappa shape index (κ2) is 8.41. The predicted molar refractivity (Wildman–Crippen MR) is 101 cm³/mol. The van der Waals surface area contributed by atoms with Gasteiger partial charge in [-0.2, -0.15) is 5.10 Å². The molecule has 0 radical (unpaired) electrons. The molecule has 1 aliphatic rings. The second-order valence-corrected chi connectivity index (χ2v) is 7.56. The van der Waals surface area contributed by atoms with E-state index in [0.29, 0.717) is 25.2 Å². The van der Waals surface area contributed by atoms with Crippen molar-refractivity contribution in [2.24, 2.45) is 11.8 Å². The number of rotatable bonds is 6. The number of carbonyl (C=O) groups is 2. The fraction of sp³-hybridized carbons (Fsp3) is 0.550. The minimum absolute atomic E-state index is 0.0277. The number of hydrogen-bond donors (Lipinski definition) is 1. The van der Waals surface area contributed by atoms with Crippen LogP contribution in [0, 0.1) is 25.7 Å². The van der Waals surface area contributed by atoms with Crippen LogP contribution < -0.4 is 5.32 Å². The zero-order valence-corrected chi connectivity index (χ0v) is 16.3. The van der Waals surface area contributed by atoms with Gasteiger partial charge in [-0.05, 0) is 44.7 Å². The van der Waals surface area contributed by atoms with E-state index in [-0.39, 0.29) is 23.7 Å². The van der Waals surface area contributed by atoms with E-state index in [1.54, 1.807) is 11.0 Å². The first kappa shape index (κ1) is 19.2. The lowest BCUT2D eigenvalue weighted by molar-refractivity contribution is -0.126. The number of nitrogens with one attached hydrogen (secondary N) is 1. The molecule has 1 N–H and O–H groups in total. The van der Waals surface area contributed by atoms with Crippen LogP contribution in [-0.2, 0) is 11.3 Å². The molecule has 2 aromatic heterocycles. The smallest absolute Gasteiger partial charge is 0.257 e. The highest BCUT2D eigenvalue weighted by Gasteiger charge is 2.29. The maximum Gasteiger partial charge on any atom is 0.257 e. The third kappa shape index (κ3) is 4.78. The average molecular weight is 372 g/mol. The monoisotopic (exact) mass is 372 g/mol. The Morgan fingerprint density at radius 2 is 2.22 bits per heavy atom. The van der Waals surface area contributed by atoms with E-state index >= 15 is 0 Å². The summed E-state index contributed by atoms with van der Waals surface area (Å²) in [4.78, 5) is 26.8. The first-order valence-corrected chi connectivity index (χ1v) is 9.54. The van der Waals surface area contributed by atoms with Gasteiger partial charge in [0.05, 0.1) is 23.4 Å². The molecule has 0 aromatic carbocycles. The molecule has 0 saturated carbocycles. The first-order valence-electron chi connectivity index (χ1n) is 9.54. The van der Waals surface area contributed by atoms with Gasteiger partial charge in [-0.1, -0.05) is 6.92 Å². The van der Waals surface area contributed by atoms with Gasteiger partial charge in [-0.3, -0.25) is 14.3 Å². The van der Waals surface area contributed by atoms with Crippen molar-refractivity contribution in [1.82, 2.24) is 20.0 Å². The van der Waals surface area contributed by atoms with Crippen LogP contribution in [0.3, 0.4) is 0 Å². The lowest BCUT2D eigenvalue weighted by Crippen LogP contribution is -2.46. The molecule has 0 aliphatic carbocycles. The first-order chi connectivity index (χ1) is 12.9. The van der Waals surface area contributed by atoms with Crippen LogP contribution in [0.25, 0.3) is 0 Å². The van der Waals surface area contributed by atoms with Gasteiger partial charge in [0, 0.05) is 31.9 Å². The van der Waals surface area contributed by atoms with Gasteiger partial charge in [-0.15, -0.1) is 0 Å². The van der Waals surface area contributed by atoms with E-state index in [0.717, 1.165) is 30.8 Å². The van der Waals surface area contributed by atoms with Crippen molar-refractivity contribution in [1.29, 1.82) is 0 Å². The normalized spacial score (nSPS) is 18.3. The van der Waals surface area contributed by atoms with E-state index in [1.165, 1.54) is 12.5 Å². The highest BCUT2D eigenvalue weighted by Crippen LogP contribution is 2.19. The molecule has 146 valence electrons. The molecule has 7 nitrogen and oxygen atoms in total. The summed E-state index contributed by atoms with van der Waals surface area (Å²) in [6, 6.07) is 3.71. The Kier molecular flexibility index (Phi) is 5.98. The third-order valence-electron chi connectivity index (χ3n) is 5.06. The molecule has 2 atom stereocenters. The summed E-state index contributed by atoms with van der Waals surface area (Å²) in [7, 11) is 0. The predicted octanol–water partition coefficient (Wildman–Crippen LogP) is 2.40. The molecule has 1 saturated heterocycles. The maximum absolute atomic E-state index is 12.6. The number of piperidine rings is 1. The number of hydrogen-bond acceptors (Lipinski definition) is 4. The number of aromatic nitrogens is 2. The zero-order chi connectivity index (χ0) is 19.4. The average Bonchev–Trinajstić information content (AvgIpc) is 3.29. The van der Waals surface area contributed by atoms with Crippen LogP contribution in [0.15, 0.2) is 29.1 Å². The molecule has 27 heavy (non-hydrogen) atoms. The standard InChI is InChI=1S/C20H28N4O3/c1-14(11-24-16(3)9-15(2)22-24)10-21-19(25)17-5-4-7-23(12-17)20(26)18-6-8-27-13-18/h6,8-9,13-14,17H,4-5,7,10-12H2,1-3H3,(H,21,25)/t14-,17+/m1/s1. The fourth-order valence-corrected chi connectivity index (χ4v) is 3.58. The largest absolute Gasteiger partial charge is 0.472 e. The molecule has 3 rings (SSSR count). The van der Waals surface area contributed by atoms with Gasteiger partial charge in [0.15, 0.2) is 0 Å². The molecule has 7 heteroatoms. The van der Waals surface area contributed by atoms with E-state index in [4.69, 9.17) is 4.42 Å². The van der Waals surface area contributed by atoms with E-state index in [1.807, 2.05) is 18.5 Å². The molecular formula is C20H28N4O3. The molecule has 1 aliphatic heterocycles. The van der Waals surface area contributed by atoms with Crippen molar-refractivity contribution < 1.29 is 14.0 Å². The van der Waals surface area contributed by atoms with Crippen molar-refractivity contribution in [2.75, 3.05) is 19.6 Å². The Hall–Kier alpha value is -2.57. The Balaban J connectivity index is 1.48. The number of furan rings is 1. The van der Waals surface area contributed by atoms with Crippen LogP contribution in [0.4, 0.5) is 0 Å². The number of aryl methyl sites for hydroxylation is 2. The van der Waals surface area contributed by atoms with Crippen LogP contribution in [0.1, 0.15) is 41.5 Å². The lowest BCUT2D eigenvalue weighted by atomic mass is 9.96. The van der Waals surface area contributed by atoms with Gasteiger partial charge in [0.2, 0.25) is 5.91 Å². The summed E-state index contributed by atoms with van der Waals surface area (Å²) in [5.41, 5.74) is 2.68. The lowest BCUT2D eigenvalue weighted by Gasteiger charge is -2.32. The summed E-state index contributed by atoms with van der Waals surface area (Å²) >= 11 is 0. The summed E-state index contributed by atoms with van der Waals surface area (Å²) in [5, 5.41) is 7.53. The second-order valence-electron chi connectivity index (χ2n) is 7.56. The van der Waals surface area contributed by atoms with Gasteiger partial charge in [0.25, 0.3) is 5.91 Å². The molecular weight excluding hydrogens is 344 g/mol. The summed E-state index contributed by atoms with van der Waals surface area (Å²) in [6.07, 6.45) is 4.59. The van der Waals surface area contributed by atoms with Crippen LogP contribution >= 0.6 is 0 Å². The van der Waals surface area contributed by atoms with Crippen molar-refractivity contribution in [3.8, 4) is 0 Å². The summed E-state index contributed by atoms with van der Waals surface area (Å²) in [6.45, 7) is 8.64. The Morgan fingerprint density at radius 1 is 1.41 bits per heavy atom. The fourth-order valence-electron chi connectivity index (χ4n) is 3.58. The molecule has 1 fully saturated rings. The Morgan fingerprint density at radius 3 is 2.89 bits per heavy atom. The molecule has 0 spiro atoms. The van der Waals surface area contributed by atoms with E-state index in [9.17, 15) is 9.59 Å². The van der Waals surface area contributed by atoms with Crippen molar-refractivity contribution in [3.05, 3.63) is 41.6 Å². The third-order valence-corrected chi connectivity index (χ3v) is 5.06. The van der Waals surface area contributed by atoms with Crippen LogP contribution in [0.2, 0.25) is 0 Å². The maximum atomic E-state index is 12.6. The summed E-state index contributed by atoms with van der Waals surface area (Å²) < 4.78 is 6.97. The number of nitrogens with zero attached hydrogens (tertiary/aromatic N) is 3. The van der Waals surface area contributed by atoms with Crippen molar-refractivity contribution >= 4 is 11.8 Å². The molecule has 0 unspecified atom stereocenters. The Labute approximate surface area is 159 Å². The molecule has 2 aromatic rings. The van der Waals surface area contributed by atoms with Crippen molar-refractivity contribution in [3.63, 3.8) is 0 Å². The molecule has 2 amide bonds. The van der Waals surface area contributed by atoms with Gasteiger partial charge in [0.1, 0.15) is 6.26 Å². The highest BCUT2D eigenvalue weighted by atomic mass is 16.3. The highest BCUT2D eigenvalue weighted by molar-refractivity contribution is 5.94. The minimum atomic E-state index is -0.157. The van der Waals surface area contributed by atoms with E-state index < -0.39 is 0 Å². The minimum Gasteiger partial charge on any atom is -0.472 e. The van der Waals surface area contributed by atoms with Crippen molar-refractivity contribution in [2.45, 2.75) is 40.2 Å². The van der Waals surface area contributed by atoms with Gasteiger partial charge >= 0.3 is 0 Å². The number of carbonyl (C=O) groups excluding carboxylic acids is 2. The van der Waals surface area contributed by atoms with E-state index in [2.05, 4.69) is 23.4 Å². The summed E-state index contributed by atoms with van der Waals surface area (Å²) in [5.74, 6) is 0.0775.